The standard InChI is InChI=1S/C12H15NO5/c1-8-2-4-18-11(8)12(16)13-3-5-17-9(7-13)6-10(14)15/h2,4,9H,3,5-7H2,1H3,(H,14,15). The highest BCUT2D eigenvalue weighted by Crippen LogP contribution is 2.16. The third kappa shape index (κ3) is 2.70. The summed E-state index contributed by atoms with van der Waals surface area (Å²) in [6.07, 6.45) is 0.925. The minimum Gasteiger partial charge on any atom is -0.481 e. The Morgan fingerprint density at radius 3 is 2.94 bits per heavy atom. The molecule has 98 valence electrons. The van der Waals surface area contributed by atoms with Crippen LogP contribution in [-0.4, -0.2) is 47.7 Å². The molecule has 1 saturated heterocycles. The lowest BCUT2D eigenvalue weighted by molar-refractivity contribution is -0.141. The summed E-state index contributed by atoms with van der Waals surface area (Å²) >= 11 is 0. The minimum atomic E-state index is -0.927. The van der Waals surface area contributed by atoms with E-state index in [9.17, 15) is 9.59 Å². The van der Waals surface area contributed by atoms with Crippen LogP contribution in [0.1, 0.15) is 22.5 Å². The molecule has 18 heavy (non-hydrogen) atoms. The van der Waals surface area contributed by atoms with Gasteiger partial charge in [-0.25, -0.2) is 0 Å². The summed E-state index contributed by atoms with van der Waals surface area (Å²) in [6, 6.07) is 1.72. The number of furan rings is 1. The average molecular weight is 253 g/mol. The first-order valence-corrected chi connectivity index (χ1v) is 5.74. The van der Waals surface area contributed by atoms with Gasteiger partial charge in [-0.05, 0) is 13.0 Å². The summed E-state index contributed by atoms with van der Waals surface area (Å²) in [7, 11) is 0. The van der Waals surface area contributed by atoms with E-state index in [4.69, 9.17) is 14.3 Å². The Morgan fingerprint density at radius 2 is 2.33 bits per heavy atom. The maximum atomic E-state index is 12.1. The molecular weight excluding hydrogens is 238 g/mol. The van der Waals surface area contributed by atoms with Gasteiger partial charge in [0.25, 0.3) is 5.91 Å². The molecule has 0 spiro atoms. The van der Waals surface area contributed by atoms with E-state index >= 15 is 0 Å². The number of aliphatic carboxylic acids is 1. The maximum absolute atomic E-state index is 12.1. The van der Waals surface area contributed by atoms with Crippen molar-refractivity contribution in [3.8, 4) is 0 Å². The van der Waals surface area contributed by atoms with Gasteiger partial charge >= 0.3 is 5.97 Å². The SMILES string of the molecule is Cc1ccoc1C(=O)N1CCOC(CC(=O)O)C1. The molecule has 0 bridgehead atoms. The summed E-state index contributed by atoms with van der Waals surface area (Å²) in [5.74, 6) is -0.828. The van der Waals surface area contributed by atoms with Gasteiger partial charge in [-0.2, -0.15) is 0 Å². The van der Waals surface area contributed by atoms with Gasteiger partial charge in [-0.3, -0.25) is 9.59 Å². The third-order valence-electron chi connectivity index (χ3n) is 2.88. The van der Waals surface area contributed by atoms with Crippen LogP contribution in [0.4, 0.5) is 0 Å². The lowest BCUT2D eigenvalue weighted by Crippen LogP contribution is -2.46. The molecule has 0 saturated carbocycles. The highest BCUT2D eigenvalue weighted by molar-refractivity contribution is 5.93. The first-order chi connectivity index (χ1) is 8.58. The molecule has 1 aromatic rings. The number of hydrogen-bond acceptors (Lipinski definition) is 4. The Hall–Kier alpha value is -1.82. The second kappa shape index (κ2) is 5.22. The highest BCUT2D eigenvalue weighted by atomic mass is 16.5. The van der Waals surface area contributed by atoms with Crippen LogP contribution in [0.3, 0.4) is 0 Å². The van der Waals surface area contributed by atoms with E-state index in [-0.39, 0.29) is 18.9 Å². The Kier molecular flexibility index (Phi) is 3.66. The summed E-state index contributed by atoms with van der Waals surface area (Å²) in [6.45, 7) is 2.88. The van der Waals surface area contributed by atoms with Crippen LogP contribution in [0, 0.1) is 6.92 Å². The van der Waals surface area contributed by atoms with Crippen LogP contribution in [-0.2, 0) is 9.53 Å². The number of nitrogens with zero attached hydrogens (tertiary/aromatic N) is 1. The molecule has 0 aliphatic carbocycles. The highest BCUT2D eigenvalue weighted by Gasteiger charge is 2.28. The fourth-order valence-corrected chi connectivity index (χ4v) is 1.96. The second-order valence-electron chi connectivity index (χ2n) is 4.27. The van der Waals surface area contributed by atoms with Crippen LogP contribution in [0.25, 0.3) is 0 Å². The average Bonchev–Trinajstić information content (AvgIpc) is 2.74. The van der Waals surface area contributed by atoms with E-state index < -0.39 is 12.1 Å². The topological polar surface area (TPSA) is 80.0 Å². The van der Waals surface area contributed by atoms with Crippen molar-refractivity contribution < 1.29 is 23.8 Å². The predicted molar refractivity (Wildman–Crippen MR) is 61.3 cm³/mol. The Bertz CT molecular complexity index is 453. The molecule has 6 heteroatoms. The molecule has 2 rings (SSSR count). The van der Waals surface area contributed by atoms with Crippen molar-refractivity contribution in [2.75, 3.05) is 19.7 Å². The Labute approximate surface area is 104 Å². The molecule has 0 aromatic carbocycles. The van der Waals surface area contributed by atoms with E-state index in [0.717, 1.165) is 5.56 Å². The van der Waals surface area contributed by atoms with Gasteiger partial charge in [0.2, 0.25) is 0 Å². The van der Waals surface area contributed by atoms with E-state index in [2.05, 4.69) is 0 Å². The number of rotatable bonds is 3. The summed E-state index contributed by atoms with van der Waals surface area (Å²) in [5.41, 5.74) is 0.779. The normalized spacial score (nSPS) is 19.8. The fraction of sp³-hybridized carbons (Fsp3) is 0.500. The van der Waals surface area contributed by atoms with E-state index in [0.29, 0.717) is 18.9 Å². The largest absolute Gasteiger partial charge is 0.481 e. The summed E-state index contributed by atoms with van der Waals surface area (Å²) < 4.78 is 10.5. The molecule has 1 amide bonds. The first kappa shape index (κ1) is 12.6. The molecule has 1 aromatic heterocycles. The molecule has 1 atom stereocenters. The van der Waals surface area contributed by atoms with Gasteiger partial charge < -0.3 is 19.2 Å². The first-order valence-electron chi connectivity index (χ1n) is 5.74. The number of aryl methyl sites for hydroxylation is 1. The van der Waals surface area contributed by atoms with Crippen molar-refractivity contribution in [1.29, 1.82) is 0 Å². The zero-order valence-corrected chi connectivity index (χ0v) is 10.1. The maximum Gasteiger partial charge on any atom is 0.306 e. The van der Waals surface area contributed by atoms with Crippen LogP contribution >= 0.6 is 0 Å². The van der Waals surface area contributed by atoms with Gasteiger partial charge in [0.05, 0.1) is 25.4 Å². The van der Waals surface area contributed by atoms with Crippen molar-refractivity contribution in [3.63, 3.8) is 0 Å². The summed E-state index contributed by atoms with van der Waals surface area (Å²) in [5, 5.41) is 8.72. The van der Waals surface area contributed by atoms with Crippen molar-refractivity contribution >= 4 is 11.9 Å². The van der Waals surface area contributed by atoms with E-state index in [1.807, 2.05) is 0 Å². The second-order valence-corrected chi connectivity index (χ2v) is 4.27. The van der Waals surface area contributed by atoms with Crippen molar-refractivity contribution in [1.82, 2.24) is 4.90 Å². The van der Waals surface area contributed by atoms with Gasteiger partial charge in [0.1, 0.15) is 0 Å². The molecule has 1 aliphatic rings. The van der Waals surface area contributed by atoms with E-state index in [1.165, 1.54) is 6.26 Å². The Morgan fingerprint density at radius 1 is 1.56 bits per heavy atom. The van der Waals surface area contributed by atoms with Crippen LogP contribution in [0.5, 0.6) is 0 Å². The van der Waals surface area contributed by atoms with Gasteiger partial charge in [-0.1, -0.05) is 0 Å². The third-order valence-corrected chi connectivity index (χ3v) is 2.88. The monoisotopic (exact) mass is 253 g/mol. The molecule has 1 unspecified atom stereocenters. The number of carbonyl (C=O) groups excluding carboxylic acids is 1. The zero-order chi connectivity index (χ0) is 13.1. The number of hydrogen-bond donors (Lipinski definition) is 1. The lowest BCUT2D eigenvalue weighted by atomic mass is 10.2. The molecule has 6 nitrogen and oxygen atoms in total. The number of carbonyl (C=O) groups is 2. The van der Waals surface area contributed by atoms with Gasteiger partial charge in [-0.15, -0.1) is 0 Å². The van der Waals surface area contributed by atoms with Crippen LogP contribution < -0.4 is 0 Å². The number of amides is 1. The summed E-state index contributed by atoms with van der Waals surface area (Å²) in [4.78, 5) is 24.3. The fourth-order valence-electron chi connectivity index (χ4n) is 1.96. The quantitative estimate of drug-likeness (QED) is 0.865. The Balaban J connectivity index is 2.03. The molecule has 2 heterocycles. The van der Waals surface area contributed by atoms with Crippen molar-refractivity contribution in [2.24, 2.45) is 0 Å². The minimum absolute atomic E-state index is 0.0963. The number of carboxylic acids is 1. The smallest absolute Gasteiger partial charge is 0.306 e. The molecule has 1 fully saturated rings. The van der Waals surface area contributed by atoms with Crippen LogP contribution in [0.2, 0.25) is 0 Å². The van der Waals surface area contributed by atoms with Crippen molar-refractivity contribution in [2.45, 2.75) is 19.4 Å². The van der Waals surface area contributed by atoms with E-state index in [1.54, 1.807) is 17.9 Å². The lowest BCUT2D eigenvalue weighted by Gasteiger charge is -2.31. The zero-order valence-electron chi connectivity index (χ0n) is 10.1. The predicted octanol–water partition coefficient (Wildman–Crippen LogP) is 0.904. The number of ether oxygens (including phenoxy) is 1. The number of carboxylic acid groups (broad SMARTS) is 1. The van der Waals surface area contributed by atoms with Gasteiger partial charge in [0.15, 0.2) is 5.76 Å². The van der Waals surface area contributed by atoms with Crippen molar-refractivity contribution in [3.05, 3.63) is 23.7 Å². The van der Waals surface area contributed by atoms with Crippen LogP contribution in [0.15, 0.2) is 16.7 Å². The molecular formula is C12H15NO5. The van der Waals surface area contributed by atoms with Gasteiger partial charge in [0, 0.05) is 18.7 Å². The molecule has 1 aliphatic heterocycles. The number of morpholine rings is 1. The molecule has 0 radical (unpaired) electrons. The molecule has 1 N–H and O–H groups in total.